The molecule has 2 aromatic carbocycles. The molecule has 2 heterocycles. The Labute approximate surface area is 176 Å². The van der Waals surface area contributed by atoms with Crippen molar-refractivity contribution in [3.63, 3.8) is 0 Å². The van der Waals surface area contributed by atoms with Gasteiger partial charge in [-0.2, -0.15) is 0 Å². The van der Waals surface area contributed by atoms with Gasteiger partial charge in [0.2, 0.25) is 5.82 Å². The molecule has 1 aliphatic heterocycles. The molecule has 156 valence electrons. The first-order valence-electron chi connectivity index (χ1n) is 11.0. The second-order valence-corrected chi connectivity index (χ2v) is 8.36. The van der Waals surface area contributed by atoms with Crippen LogP contribution in [0.4, 0.5) is 10.1 Å². The second-order valence-electron chi connectivity index (χ2n) is 8.36. The quantitative estimate of drug-likeness (QED) is 0.706. The fourth-order valence-corrected chi connectivity index (χ4v) is 5.04. The minimum Gasteiger partial charge on any atom is -0.358 e. The predicted octanol–water partition coefficient (Wildman–Crippen LogP) is 2.42. The first kappa shape index (κ1) is 19.2. The lowest BCUT2D eigenvalue weighted by Gasteiger charge is -2.37. The summed E-state index contributed by atoms with van der Waals surface area (Å²) in [6, 6.07) is 18.1. The molecule has 0 bridgehead atoms. The van der Waals surface area contributed by atoms with E-state index in [1.807, 2.05) is 18.2 Å². The summed E-state index contributed by atoms with van der Waals surface area (Å²) in [4.78, 5) is 3.59. The van der Waals surface area contributed by atoms with E-state index in [2.05, 4.69) is 49.4 Å². The summed E-state index contributed by atoms with van der Waals surface area (Å²) in [5.74, 6) is 0.813. The Hall–Kier alpha value is -2.80. The fourth-order valence-electron chi connectivity index (χ4n) is 5.04. The van der Waals surface area contributed by atoms with E-state index < -0.39 is 0 Å². The molecule has 1 N–H and O–H groups in total. The number of piperazine rings is 1. The molecule has 1 atom stereocenters. The zero-order chi connectivity index (χ0) is 20.3. The smallest absolute Gasteiger partial charge is 0.214 e. The van der Waals surface area contributed by atoms with E-state index in [-0.39, 0.29) is 11.9 Å². The monoisotopic (exact) mass is 407 g/mol. The van der Waals surface area contributed by atoms with Crippen LogP contribution < -0.4 is 9.80 Å². The summed E-state index contributed by atoms with van der Waals surface area (Å²) in [6.45, 7) is 3.44. The maximum Gasteiger partial charge on any atom is 0.214 e. The van der Waals surface area contributed by atoms with Crippen molar-refractivity contribution < 1.29 is 9.29 Å². The zero-order valence-corrected chi connectivity index (χ0v) is 17.1. The number of nitrogens with zero attached hydrogens (tertiary/aromatic N) is 5. The standard InChI is InChI=1S/C23H27FN6/c24-20-12-6-7-13-21(20)28-14-16-29(17-15-28)22(18-8-2-1-3-9-18)23-25-26-27-30(23)19-10-4-5-11-19/h1-3,6-9,12-13,19,22H,4-5,10-11,14-17H2/p+1/t22-/m0/s1. The van der Waals surface area contributed by atoms with Crippen molar-refractivity contribution in [2.45, 2.75) is 37.8 Å². The lowest BCUT2D eigenvalue weighted by Crippen LogP contribution is -3.15. The highest BCUT2D eigenvalue weighted by Crippen LogP contribution is 2.31. The summed E-state index contributed by atoms with van der Waals surface area (Å²) in [7, 11) is 0. The maximum absolute atomic E-state index is 14.3. The van der Waals surface area contributed by atoms with Crippen LogP contribution in [0.1, 0.15) is 49.2 Å². The number of quaternary nitrogens is 1. The van der Waals surface area contributed by atoms with E-state index in [4.69, 9.17) is 0 Å². The number of hydrogen-bond acceptors (Lipinski definition) is 4. The molecule has 1 aliphatic carbocycles. The van der Waals surface area contributed by atoms with Crippen LogP contribution in [0.2, 0.25) is 0 Å². The molecular formula is C23H28FN6+. The van der Waals surface area contributed by atoms with Crippen molar-refractivity contribution in [1.82, 2.24) is 20.2 Å². The van der Waals surface area contributed by atoms with Gasteiger partial charge in [-0.25, -0.2) is 9.07 Å². The van der Waals surface area contributed by atoms with Crippen molar-refractivity contribution in [2.75, 3.05) is 31.1 Å². The average molecular weight is 408 g/mol. The van der Waals surface area contributed by atoms with Crippen molar-refractivity contribution >= 4 is 5.69 Å². The lowest BCUT2D eigenvalue weighted by molar-refractivity contribution is -0.927. The molecule has 0 radical (unpaired) electrons. The van der Waals surface area contributed by atoms with E-state index in [0.717, 1.165) is 44.8 Å². The summed E-state index contributed by atoms with van der Waals surface area (Å²) in [6.07, 6.45) is 4.79. The summed E-state index contributed by atoms with van der Waals surface area (Å²) in [5.41, 5.74) is 1.93. The molecule has 1 aromatic heterocycles. The van der Waals surface area contributed by atoms with Gasteiger partial charge >= 0.3 is 0 Å². The average Bonchev–Trinajstić information content (AvgIpc) is 3.48. The second kappa shape index (κ2) is 8.52. The Balaban J connectivity index is 1.42. The number of para-hydroxylation sites is 1. The fraction of sp³-hybridized carbons (Fsp3) is 0.435. The van der Waals surface area contributed by atoms with E-state index in [1.54, 1.807) is 6.07 Å². The van der Waals surface area contributed by atoms with E-state index >= 15 is 0 Å². The number of tetrazole rings is 1. The van der Waals surface area contributed by atoms with Crippen molar-refractivity contribution in [3.8, 4) is 0 Å². The SMILES string of the molecule is Fc1ccccc1N1CC[NH+]([C@@H](c2ccccc2)c2nnnn2C2CCCC2)CC1. The van der Waals surface area contributed by atoms with Crippen LogP contribution in [-0.2, 0) is 0 Å². The van der Waals surface area contributed by atoms with E-state index in [0.29, 0.717) is 11.7 Å². The predicted molar refractivity (Wildman–Crippen MR) is 113 cm³/mol. The van der Waals surface area contributed by atoms with Gasteiger partial charge in [0.1, 0.15) is 5.82 Å². The Bertz CT molecular complexity index is 961. The molecule has 5 rings (SSSR count). The van der Waals surface area contributed by atoms with Crippen LogP contribution in [0, 0.1) is 5.82 Å². The molecule has 6 nitrogen and oxygen atoms in total. The number of rotatable bonds is 5. The number of halogens is 1. The Morgan fingerprint density at radius 2 is 1.63 bits per heavy atom. The highest BCUT2D eigenvalue weighted by molar-refractivity contribution is 5.47. The van der Waals surface area contributed by atoms with Crippen LogP contribution in [0.5, 0.6) is 0 Å². The summed E-state index contributed by atoms with van der Waals surface area (Å²) in [5, 5.41) is 13.0. The molecular weight excluding hydrogens is 379 g/mol. The maximum atomic E-state index is 14.3. The zero-order valence-electron chi connectivity index (χ0n) is 17.1. The summed E-state index contributed by atoms with van der Waals surface area (Å²) < 4.78 is 16.3. The van der Waals surface area contributed by atoms with Crippen LogP contribution in [0.15, 0.2) is 54.6 Å². The molecule has 1 saturated heterocycles. The number of nitrogens with one attached hydrogen (secondary N) is 1. The highest BCUT2D eigenvalue weighted by Gasteiger charge is 2.36. The van der Waals surface area contributed by atoms with Gasteiger partial charge < -0.3 is 9.80 Å². The molecule has 0 spiro atoms. The third kappa shape index (κ3) is 3.69. The van der Waals surface area contributed by atoms with Crippen LogP contribution in [0.3, 0.4) is 0 Å². The van der Waals surface area contributed by atoms with Crippen molar-refractivity contribution in [2.24, 2.45) is 0 Å². The molecule has 2 aliphatic rings. The Morgan fingerprint density at radius 3 is 2.37 bits per heavy atom. The van der Waals surface area contributed by atoms with Gasteiger partial charge in [0.15, 0.2) is 6.04 Å². The van der Waals surface area contributed by atoms with Crippen LogP contribution >= 0.6 is 0 Å². The van der Waals surface area contributed by atoms with E-state index in [9.17, 15) is 4.39 Å². The molecule has 7 heteroatoms. The molecule has 30 heavy (non-hydrogen) atoms. The minimum absolute atomic E-state index is 0.0876. The first-order chi connectivity index (χ1) is 14.8. The third-order valence-electron chi connectivity index (χ3n) is 6.59. The molecule has 1 saturated carbocycles. The van der Waals surface area contributed by atoms with Gasteiger partial charge in [0.25, 0.3) is 0 Å². The van der Waals surface area contributed by atoms with Gasteiger partial charge in [-0.1, -0.05) is 55.3 Å². The highest BCUT2D eigenvalue weighted by atomic mass is 19.1. The van der Waals surface area contributed by atoms with Crippen LogP contribution in [0.25, 0.3) is 0 Å². The topological polar surface area (TPSA) is 51.3 Å². The van der Waals surface area contributed by atoms with Crippen molar-refractivity contribution in [3.05, 3.63) is 71.8 Å². The van der Waals surface area contributed by atoms with Crippen LogP contribution in [-0.4, -0.2) is 46.4 Å². The molecule has 0 unspecified atom stereocenters. The lowest BCUT2D eigenvalue weighted by atomic mass is 10.0. The van der Waals surface area contributed by atoms with Gasteiger partial charge in [-0.15, -0.1) is 5.10 Å². The Kier molecular flexibility index (Phi) is 5.45. The number of anilines is 1. The minimum atomic E-state index is -0.147. The molecule has 0 amide bonds. The van der Waals surface area contributed by atoms with Gasteiger partial charge in [0, 0.05) is 5.56 Å². The molecule has 2 fully saturated rings. The Morgan fingerprint density at radius 1 is 0.933 bits per heavy atom. The normalized spacial score (nSPS) is 19.3. The number of benzene rings is 2. The number of aromatic nitrogens is 4. The molecule has 3 aromatic rings. The van der Waals surface area contributed by atoms with E-state index in [1.165, 1.54) is 29.4 Å². The van der Waals surface area contributed by atoms with Gasteiger partial charge in [-0.05, 0) is 35.4 Å². The van der Waals surface area contributed by atoms with Gasteiger partial charge in [-0.3, -0.25) is 0 Å². The third-order valence-corrected chi connectivity index (χ3v) is 6.59. The largest absolute Gasteiger partial charge is 0.358 e. The first-order valence-corrected chi connectivity index (χ1v) is 11.0. The van der Waals surface area contributed by atoms with Crippen molar-refractivity contribution in [1.29, 1.82) is 0 Å². The summed E-state index contributed by atoms with van der Waals surface area (Å²) >= 11 is 0. The number of hydrogen-bond donors (Lipinski definition) is 1. The van der Waals surface area contributed by atoms with Gasteiger partial charge in [0.05, 0.1) is 37.9 Å².